The average molecular weight is 291 g/mol. The van der Waals surface area contributed by atoms with Crippen molar-refractivity contribution in [2.45, 2.75) is 24.4 Å². The lowest BCUT2D eigenvalue weighted by molar-refractivity contribution is -0.0534. The van der Waals surface area contributed by atoms with Crippen LogP contribution < -0.4 is 14.8 Å². The fourth-order valence-electron chi connectivity index (χ4n) is 2.98. The lowest BCUT2D eigenvalue weighted by atomic mass is 9.79. The molecule has 0 radical (unpaired) electrons. The number of carbonyl (C=O) groups excluding carboxylic acids is 1. The molecule has 3 aliphatic rings. The molecule has 110 valence electrons. The zero-order valence-corrected chi connectivity index (χ0v) is 10.8. The molecule has 7 nitrogen and oxygen atoms in total. The van der Waals surface area contributed by atoms with Crippen LogP contribution in [-0.4, -0.2) is 52.4 Å². The van der Waals surface area contributed by atoms with Gasteiger partial charge in [-0.05, 0) is 29.3 Å². The normalized spacial score (nSPS) is 32.9. The van der Waals surface area contributed by atoms with Gasteiger partial charge in [0, 0.05) is 0 Å². The summed E-state index contributed by atoms with van der Waals surface area (Å²) in [5, 5.41) is 32.3. The predicted octanol–water partition coefficient (Wildman–Crippen LogP) is -0.993. The van der Waals surface area contributed by atoms with Crippen LogP contribution in [0.2, 0.25) is 0 Å². The first-order valence-electron chi connectivity index (χ1n) is 6.57. The van der Waals surface area contributed by atoms with Crippen LogP contribution in [0.4, 0.5) is 0 Å². The molecule has 0 spiro atoms. The molecular weight excluding hydrogens is 278 g/mol. The Morgan fingerprint density at radius 3 is 2.43 bits per heavy atom. The van der Waals surface area contributed by atoms with E-state index in [2.05, 4.69) is 5.32 Å². The maximum absolute atomic E-state index is 12.2. The van der Waals surface area contributed by atoms with Crippen molar-refractivity contribution in [3.8, 4) is 11.5 Å². The average Bonchev–Trinajstić information content (AvgIpc) is 2.92. The quantitative estimate of drug-likeness (QED) is 0.489. The van der Waals surface area contributed by atoms with Crippen LogP contribution in [0.25, 0.3) is 5.57 Å². The predicted molar refractivity (Wildman–Crippen MR) is 69.8 cm³/mol. The molecule has 0 fully saturated rings. The van der Waals surface area contributed by atoms with E-state index in [4.69, 9.17) is 9.47 Å². The number of hydrogen-bond acceptors (Lipinski definition) is 6. The summed E-state index contributed by atoms with van der Waals surface area (Å²) < 4.78 is 10.5. The van der Waals surface area contributed by atoms with E-state index in [1.165, 1.54) is 6.08 Å². The van der Waals surface area contributed by atoms with Gasteiger partial charge < -0.3 is 30.1 Å². The third kappa shape index (κ3) is 1.68. The molecule has 2 heterocycles. The van der Waals surface area contributed by atoms with Gasteiger partial charge in [0.2, 0.25) is 6.79 Å². The van der Waals surface area contributed by atoms with Crippen LogP contribution in [0.15, 0.2) is 18.2 Å². The standard InChI is InChI=1S/C14H13NO6/c16-8-1-6-5-2-9-10(21-4-20-9)3-7(5)14(19)15-11(6)13(18)12(8)17/h1-3,8,11-13,16-18H,4H2,(H,15,19)/t8-,11-,12-,13+/m1/s1. The van der Waals surface area contributed by atoms with Crippen molar-refractivity contribution in [3.05, 3.63) is 29.3 Å². The number of nitrogens with one attached hydrogen (secondary N) is 1. The van der Waals surface area contributed by atoms with Crippen molar-refractivity contribution in [3.63, 3.8) is 0 Å². The van der Waals surface area contributed by atoms with Crippen molar-refractivity contribution in [2.75, 3.05) is 6.79 Å². The number of hydrogen-bond donors (Lipinski definition) is 4. The number of aliphatic hydroxyl groups is 3. The Labute approximate surface area is 119 Å². The van der Waals surface area contributed by atoms with Crippen LogP contribution in [0, 0.1) is 0 Å². The highest BCUT2D eigenvalue weighted by molar-refractivity contribution is 6.05. The molecule has 0 bridgehead atoms. The Hall–Kier alpha value is -2.09. The van der Waals surface area contributed by atoms with Crippen molar-refractivity contribution < 1.29 is 29.6 Å². The molecule has 1 aromatic rings. The molecule has 7 heteroatoms. The highest BCUT2D eigenvalue weighted by atomic mass is 16.7. The largest absolute Gasteiger partial charge is 0.454 e. The summed E-state index contributed by atoms with van der Waals surface area (Å²) in [7, 11) is 0. The lowest BCUT2D eigenvalue weighted by Gasteiger charge is -2.39. The number of aliphatic hydroxyl groups excluding tert-OH is 3. The molecule has 0 saturated heterocycles. The first kappa shape index (κ1) is 12.6. The number of amides is 1. The Kier molecular flexibility index (Phi) is 2.53. The summed E-state index contributed by atoms with van der Waals surface area (Å²) in [6.07, 6.45) is -2.36. The van der Waals surface area contributed by atoms with E-state index in [0.717, 1.165) is 0 Å². The molecule has 2 aliphatic heterocycles. The minimum Gasteiger partial charge on any atom is -0.454 e. The Bertz CT molecular complexity index is 670. The van der Waals surface area contributed by atoms with E-state index in [-0.39, 0.29) is 12.7 Å². The molecule has 1 aliphatic carbocycles. The molecule has 4 N–H and O–H groups in total. The van der Waals surface area contributed by atoms with Crippen molar-refractivity contribution in [1.29, 1.82) is 0 Å². The Balaban J connectivity index is 1.90. The third-order valence-corrected chi connectivity index (χ3v) is 4.08. The first-order valence-corrected chi connectivity index (χ1v) is 6.57. The van der Waals surface area contributed by atoms with Gasteiger partial charge in [-0.2, -0.15) is 0 Å². The zero-order chi connectivity index (χ0) is 14.7. The maximum atomic E-state index is 12.2. The van der Waals surface area contributed by atoms with Crippen molar-refractivity contribution in [1.82, 2.24) is 5.32 Å². The minimum atomic E-state index is -1.34. The molecule has 1 aromatic carbocycles. The van der Waals surface area contributed by atoms with Gasteiger partial charge in [-0.25, -0.2) is 0 Å². The fraction of sp³-hybridized carbons (Fsp3) is 0.357. The smallest absolute Gasteiger partial charge is 0.252 e. The molecule has 0 aromatic heterocycles. The lowest BCUT2D eigenvalue weighted by Crippen LogP contribution is -2.57. The number of fused-ring (bicyclic) bond motifs is 4. The van der Waals surface area contributed by atoms with Gasteiger partial charge in [0.1, 0.15) is 18.3 Å². The van der Waals surface area contributed by atoms with Gasteiger partial charge in [0.15, 0.2) is 11.5 Å². The van der Waals surface area contributed by atoms with Gasteiger partial charge in [-0.1, -0.05) is 0 Å². The van der Waals surface area contributed by atoms with Gasteiger partial charge in [0.25, 0.3) is 5.91 Å². The summed E-state index contributed by atoms with van der Waals surface area (Å²) >= 11 is 0. The third-order valence-electron chi connectivity index (χ3n) is 4.08. The Morgan fingerprint density at radius 1 is 1.05 bits per heavy atom. The monoisotopic (exact) mass is 291 g/mol. The topological polar surface area (TPSA) is 108 Å². The zero-order valence-electron chi connectivity index (χ0n) is 10.8. The van der Waals surface area contributed by atoms with E-state index in [9.17, 15) is 20.1 Å². The van der Waals surface area contributed by atoms with E-state index in [1.54, 1.807) is 12.1 Å². The summed E-state index contributed by atoms with van der Waals surface area (Å²) in [6, 6.07) is 2.48. The molecular formula is C14H13NO6. The molecule has 4 atom stereocenters. The van der Waals surface area contributed by atoms with Crippen molar-refractivity contribution in [2.24, 2.45) is 0 Å². The van der Waals surface area contributed by atoms with Gasteiger partial charge in [0.05, 0.1) is 11.6 Å². The van der Waals surface area contributed by atoms with Crippen LogP contribution >= 0.6 is 0 Å². The van der Waals surface area contributed by atoms with E-state index >= 15 is 0 Å². The van der Waals surface area contributed by atoms with E-state index < -0.39 is 24.4 Å². The van der Waals surface area contributed by atoms with Gasteiger partial charge in [-0.3, -0.25) is 4.79 Å². The maximum Gasteiger partial charge on any atom is 0.252 e. The summed E-state index contributed by atoms with van der Waals surface area (Å²) in [5.74, 6) is 0.631. The SMILES string of the molecule is O=C1N[C@@H]2C(=C[C@@H](O)[C@@H](O)[C@H]2O)c2cc3c(cc21)OCO3. The second-order valence-corrected chi connectivity index (χ2v) is 5.30. The van der Waals surface area contributed by atoms with Crippen LogP contribution in [0.1, 0.15) is 15.9 Å². The summed E-state index contributed by atoms with van der Waals surface area (Å²) in [4.78, 5) is 12.2. The second kappa shape index (κ2) is 4.20. The molecule has 0 saturated carbocycles. The fourth-order valence-corrected chi connectivity index (χ4v) is 2.98. The molecule has 0 unspecified atom stereocenters. The van der Waals surface area contributed by atoms with Crippen molar-refractivity contribution >= 4 is 11.5 Å². The second-order valence-electron chi connectivity index (χ2n) is 5.30. The number of carbonyl (C=O) groups is 1. The van der Waals surface area contributed by atoms with Crippen LogP contribution in [0.3, 0.4) is 0 Å². The van der Waals surface area contributed by atoms with Crippen LogP contribution in [0.5, 0.6) is 11.5 Å². The van der Waals surface area contributed by atoms with Gasteiger partial charge in [-0.15, -0.1) is 0 Å². The highest BCUT2D eigenvalue weighted by Gasteiger charge is 2.43. The summed E-state index contributed by atoms with van der Waals surface area (Å²) in [5.41, 5.74) is 1.52. The number of rotatable bonds is 0. The number of ether oxygens (including phenoxy) is 2. The van der Waals surface area contributed by atoms with E-state index in [0.29, 0.717) is 28.2 Å². The van der Waals surface area contributed by atoms with Gasteiger partial charge >= 0.3 is 0 Å². The summed E-state index contributed by atoms with van der Waals surface area (Å²) in [6.45, 7) is 0.0896. The van der Waals surface area contributed by atoms with Crippen LogP contribution in [-0.2, 0) is 0 Å². The number of benzene rings is 1. The first-order chi connectivity index (χ1) is 10.1. The van der Waals surface area contributed by atoms with E-state index in [1.807, 2.05) is 0 Å². The molecule has 4 rings (SSSR count). The minimum absolute atomic E-state index is 0.0896. The molecule has 1 amide bonds. The molecule has 21 heavy (non-hydrogen) atoms. The Morgan fingerprint density at radius 2 is 1.71 bits per heavy atom. The highest BCUT2D eigenvalue weighted by Crippen LogP contribution is 2.41.